The molecule has 1 unspecified atom stereocenters. The molecule has 7 nitrogen and oxygen atoms in total. The van der Waals surface area contributed by atoms with Gasteiger partial charge >= 0.3 is 0 Å². The Bertz CT molecular complexity index is 1230. The first-order chi connectivity index (χ1) is 16.4. The molecule has 5 rings (SSSR count). The van der Waals surface area contributed by atoms with Crippen molar-refractivity contribution in [3.8, 4) is 0 Å². The number of allylic oxidation sites excluding steroid dienone is 4. The summed E-state index contributed by atoms with van der Waals surface area (Å²) < 4.78 is 1.92. The first kappa shape index (κ1) is 23.0. The third-order valence-corrected chi connectivity index (χ3v) is 7.24. The van der Waals surface area contributed by atoms with E-state index in [9.17, 15) is 9.90 Å². The molecule has 0 bridgehead atoms. The highest BCUT2D eigenvalue weighted by Crippen LogP contribution is 2.33. The van der Waals surface area contributed by atoms with Crippen LogP contribution < -0.4 is 0 Å². The number of aryl methyl sites for hydroxylation is 1. The molecule has 2 aromatic heterocycles. The summed E-state index contributed by atoms with van der Waals surface area (Å²) in [7, 11) is 0. The van der Waals surface area contributed by atoms with Crippen molar-refractivity contribution < 1.29 is 9.90 Å². The molecular weight excluding hydrogens is 450 g/mol. The smallest absolute Gasteiger partial charge is 0.271 e. The lowest BCUT2D eigenvalue weighted by molar-refractivity contribution is -0.124. The minimum atomic E-state index is -0.148. The van der Waals surface area contributed by atoms with Crippen molar-refractivity contribution in [2.24, 2.45) is 16.9 Å². The number of carbonyl (C=O) groups excluding carboxylic acids is 1. The molecule has 5 heterocycles. The van der Waals surface area contributed by atoms with Crippen LogP contribution in [0.1, 0.15) is 37.4 Å². The van der Waals surface area contributed by atoms with Gasteiger partial charge in [-0.05, 0) is 74.5 Å². The van der Waals surface area contributed by atoms with E-state index in [1.54, 1.807) is 11.1 Å². The Hall–Kier alpha value is -2.74. The van der Waals surface area contributed by atoms with Gasteiger partial charge in [-0.2, -0.15) is 10.1 Å². The van der Waals surface area contributed by atoms with Crippen LogP contribution in [0.2, 0.25) is 5.02 Å². The maximum atomic E-state index is 13.4. The summed E-state index contributed by atoms with van der Waals surface area (Å²) in [5, 5.41) is 16.1. The molecule has 1 fully saturated rings. The van der Waals surface area contributed by atoms with Gasteiger partial charge in [0.25, 0.3) is 5.91 Å². The van der Waals surface area contributed by atoms with Crippen LogP contribution in [0.25, 0.3) is 11.2 Å². The number of halogens is 1. The Labute approximate surface area is 204 Å². The molecule has 2 aromatic rings. The van der Waals surface area contributed by atoms with Crippen LogP contribution in [-0.2, 0) is 4.79 Å². The summed E-state index contributed by atoms with van der Waals surface area (Å²) in [5.41, 5.74) is 5.26. The molecule has 8 heteroatoms. The van der Waals surface area contributed by atoms with Gasteiger partial charge in [-0.1, -0.05) is 24.6 Å². The SMILES string of the molecule is Cc1cn2cc(C3=CC(=O)N4N=C(C5CCN(CCO)CC5)C=CC4=CCC3C)cc(Cl)c2n1. The Morgan fingerprint density at radius 2 is 2.00 bits per heavy atom. The summed E-state index contributed by atoms with van der Waals surface area (Å²) in [5.74, 6) is 0.316. The summed E-state index contributed by atoms with van der Waals surface area (Å²) in [6.07, 6.45) is 14.6. The highest BCUT2D eigenvalue weighted by Gasteiger charge is 2.28. The van der Waals surface area contributed by atoms with E-state index in [1.807, 2.05) is 35.9 Å². The van der Waals surface area contributed by atoms with E-state index in [-0.39, 0.29) is 18.4 Å². The van der Waals surface area contributed by atoms with E-state index in [0.29, 0.717) is 17.5 Å². The van der Waals surface area contributed by atoms with Crippen molar-refractivity contribution >= 4 is 34.4 Å². The Morgan fingerprint density at radius 3 is 2.76 bits per heavy atom. The first-order valence-electron chi connectivity index (χ1n) is 11.9. The molecule has 34 heavy (non-hydrogen) atoms. The number of hydrogen-bond donors (Lipinski definition) is 1. The molecule has 0 aliphatic carbocycles. The van der Waals surface area contributed by atoms with Crippen LogP contribution in [0.5, 0.6) is 0 Å². The number of hydrogen-bond acceptors (Lipinski definition) is 5. The van der Waals surface area contributed by atoms with Crippen molar-refractivity contribution in [2.75, 3.05) is 26.2 Å². The van der Waals surface area contributed by atoms with Gasteiger partial charge in [0.1, 0.15) is 0 Å². The summed E-state index contributed by atoms with van der Waals surface area (Å²) in [6.45, 7) is 6.85. The van der Waals surface area contributed by atoms with Crippen LogP contribution in [0, 0.1) is 18.8 Å². The Morgan fingerprint density at radius 1 is 1.21 bits per heavy atom. The number of amides is 1. The number of rotatable bonds is 4. The van der Waals surface area contributed by atoms with E-state index in [2.05, 4.69) is 29.0 Å². The third kappa shape index (κ3) is 4.48. The monoisotopic (exact) mass is 479 g/mol. The number of fused-ring (bicyclic) bond motifs is 2. The maximum absolute atomic E-state index is 13.4. The van der Waals surface area contributed by atoms with Crippen LogP contribution >= 0.6 is 11.6 Å². The quantitative estimate of drug-likeness (QED) is 0.717. The molecule has 1 amide bonds. The molecule has 0 aromatic carbocycles. The second kappa shape index (κ2) is 9.49. The predicted octanol–water partition coefficient (Wildman–Crippen LogP) is 4.06. The average molecular weight is 480 g/mol. The topological polar surface area (TPSA) is 73.4 Å². The zero-order valence-electron chi connectivity index (χ0n) is 19.6. The number of β-amino-alcohol motifs (C(OH)–C–C–N with tert-alkyl or cyclic N) is 1. The summed E-state index contributed by atoms with van der Waals surface area (Å²) in [6, 6.07) is 1.90. The van der Waals surface area contributed by atoms with Crippen molar-refractivity contribution in [1.29, 1.82) is 0 Å². The number of aliphatic hydroxyl groups is 1. The molecule has 1 N–H and O–H groups in total. The van der Waals surface area contributed by atoms with Gasteiger partial charge in [0.15, 0.2) is 5.65 Å². The van der Waals surface area contributed by atoms with Gasteiger partial charge in [-0.3, -0.25) is 4.79 Å². The molecule has 3 aliphatic heterocycles. The van der Waals surface area contributed by atoms with Crippen LogP contribution in [0.4, 0.5) is 0 Å². The number of pyridine rings is 1. The minimum Gasteiger partial charge on any atom is -0.395 e. The summed E-state index contributed by atoms with van der Waals surface area (Å²) in [4.78, 5) is 20.2. The maximum Gasteiger partial charge on any atom is 0.271 e. The van der Waals surface area contributed by atoms with Gasteiger partial charge in [0, 0.05) is 30.9 Å². The van der Waals surface area contributed by atoms with E-state index < -0.39 is 0 Å². The third-order valence-electron chi connectivity index (χ3n) is 6.97. The van der Waals surface area contributed by atoms with Crippen molar-refractivity contribution in [3.05, 3.63) is 64.7 Å². The van der Waals surface area contributed by atoms with Crippen molar-refractivity contribution in [2.45, 2.75) is 33.1 Å². The van der Waals surface area contributed by atoms with E-state index in [1.165, 1.54) is 0 Å². The number of aliphatic hydroxyl groups excluding tert-OH is 1. The fourth-order valence-corrected chi connectivity index (χ4v) is 5.31. The van der Waals surface area contributed by atoms with Crippen LogP contribution in [0.3, 0.4) is 0 Å². The van der Waals surface area contributed by atoms with E-state index >= 15 is 0 Å². The van der Waals surface area contributed by atoms with Gasteiger partial charge < -0.3 is 14.4 Å². The lowest BCUT2D eigenvalue weighted by Gasteiger charge is -2.33. The standard InChI is InChI=1S/C26H30ClN5O2/c1-17-3-4-21-5-6-24(19-7-9-30(10-8-19)11-12-33)29-32(21)25(34)14-22(17)20-13-23(27)26-28-18(2)15-31(26)16-20/h4-6,13-17,19,33H,3,7-12H2,1-2H3. The fraction of sp³-hybridized carbons (Fsp3) is 0.423. The van der Waals surface area contributed by atoms with Gasteiger partial charge in [-0.25, -0.2) is 4.98 Å². The molecule has 0 spiro atoms. The fourth-order valence-electron chi connectivity index (χ4n) is 5.06. The molecule has 3 aliphatic rings. The Kier molecular flexibility index (Phi) is 6.42. The highest BCUT2D eigenvalue weighted by molar-refractivity contribution is 6.33. The highest BCUT2D eigenvalue weighted by atomic mass is 35.5. The number of imidazole rings is 1. The van der Waals surface area contributed by atoms with E-state index in [0.717, 1.165) is 66.2 Å². The van der Waals surface area contributed by atoms with Crippen LogP contribution in [-0.4, -0.2) is 62.3 Å². The molecular formula is C26H30ClN5O2. The largest absolute Gasteiger partial charge is 0.395 e. The lowest BCUT2D eigenvalue weighted by Crippen LogP contribution is -2.39. The van der Waals surface area contributed by atoms with Crippen molar-refractivity contribution in [1.82, 2.24) is 19.3 Å². The minimum absolute atomic E-state index is 0.145. The first-order valence-corrected chi connectivity index (χ1v) is 12.3. The van der Waals surface area contributed by atoms with Crippen molar-refractivity contribution in [3.63, 3.8) is 0 Å². The van der Waals surface area contributed by atoms with E-state index in [4.69, 9.17) is 16.7 Å². The number of piperidine rings is 1. The molecule has 1 atom stereocenters. The lowest BCUT2D eigenvalue weighted by atomic mass is 9.89. The molecule has 178 valence electrons. The number of likely N-dealkylation sites (tertiary alicyclic amines) is 1. The predicted molar refractivity (Wildman–Crippen MR) is 134 cm³/mol. The summed E-state index contributed by atoms with van der Waals surface area (Å²) >= 11 is 6.53. The zero-order valence-corrected chi connectivity index (χ0v) is 20.4. The van der Waals surface area contributed by atoms with Crippen LogP contribution in [0.15, 0.2) is 53.6 Å². The number of nitrogens with zero attached hydrogens (tertiary/aromatic N) is 5. The average Bonchev–Trinajstić information content (AvgIpc) is 3.21. The van der Waals surface area contributed by atoms with Gasteiger partial charge in [0.05, 0.1) is 28.7 Å². The molecule has 0 radical (unpaired) electrons. The number of carbonyl (C=O) groups is 1. The normalized spacial score (nSPS) is 22.2. The van der Waals surface area contributed by atoms with Gasteiger partial charge in [0.2, 0.25) is 0 Å². The zero-order chi connectivity index (χ0) is 23.8. The van der Waals surface area contributed by atoms with Gasteiger partial charge in [-0.15, -0.1) is 0 Å². The molecule has 0 saturated carbocycles. The number of aromatic nitrogens is 2. The second-order valence-corrected chi connectivity index (χ2v) is 9.81. The number of hydrazone groups is 1. The second-order valence-electron chi connectivity index (χ2n) is 9.40. The Balaban J connectivity index is 1.43. The molecule has 1 saturated heterocycles.